The van der Waals surface area contributed by atoms with E-state index < -0.39 is 5.41 Å². The molecule has 139 heavy (non-hydrogen) atoms. The van der Waals surface area contributed by atoms with E-state index >= 15 is 0 Å². The quantitative estimate of drug-likeness (QED) is 0.146. The highest BCUT2D eigenvalue weighted by Crippen LogP contribution is 2.66. The first kappa shape index (κ1) is 79.6. The number of para-hydroxylation sites is 4. The Balaban J connectivity index is 0.000000114. The van der Waals surface area contributed by atoms with Gasteiger partial charge in [-0.1, -0.05) is 406 Å². The molecule has 0 radical (unpaired) electrons. The van der Waals surface area contributed by atoms with E-state index in [1.807, 2.05) is 24.3 Å². The lowest BCUT2D eigenvalue weighted by molar-refractivity contribution is 0.669. The van der Waals surface area contributed by atoms with Crippen molar-refractivity contribution in [2.24, 2.45) is 0 Å². The monoisotopic (exact) mass is 1770 g/mol. The standard InChI is InChI=1S/C67H41NO.C38H24.C30H21NO/c1-2-15-42(16-3-1)43-29-33-45(34-30-43)68(46-35-31-44(32-36-46)48-23-14-24-56-55-22-9-13-28-65(55)69-66(48)56)47-37-38-51-57(39-47)49-17-4-5-18-50(49)58-40-60-54-21-8-12-27-63(54)67(64(60)41-59(51)58)61-25-10-6-19-52(61)53-20-7-11-26-62(53)67;1-23-18-19-26-30(20-23)24-10-2-3-11-25(24)31-21-33-29-14-6-9-17-36(29)38(37(33)22-32(26)31)34-15-7-4-12-27(34)28-13-5-8-16-35(28)38;1-2-7-21(8-3-1)22-13-17-24(18-14-22)31-25-19-15-23(16-20-25)26-10-6-11-28-27-9-4-5-12-29(27)32-30(26)28/h1-41H;2-22H,1H3;1-20,31H. The zero-order valence-electron chi connectivity index (χ0n) is 76.1. The van der Waals surface area contributed by atoms with Gasteiger partial charge in [-0.15, -0.1) is 0 Å². The van der Waals surface area contributed by atoms with Crippen LogP contribution >= 0.6 is 0 Å². The zero-order valence-corrected chi connectivity index (χ0v) is 76.1. The van der Waals surface area contributed by atoms with Crippen LogP contribution in [0.5, 0.6) is 0 Å². The van der Waals surface area contributed by atoms with Crippen LogP contribution in [0.4, 0.5) is 28.4 Å². The predicted molar refractivity (Wildman–Crippen MR) is 582 cm³/mol. The largest absolute Gasteiger partial charge is 0.455 e. The van der Waals surface area contributed by atoms with Crippen LogP contribution in [0.2, 0.25) is 0 Å². The lowest BCUT2D eigenvalue weighted by atomic mass is 9.70. The van der Waals surface area contributed by atoms with E-state index in [0.29, 0.717) is 0 Å². The molecule has 4 heteroatoms. The summed E-state index contributed by atoms with van der Waals surface area (Å²) in [6, 6.07) is 182. The molecule has 0 fully saturated rings. The topological polar surface area (TPSA) is 41.6 Å². The zero-order chi connectivity index (χ0) is 91.5. The van der Waals surface area contributed by atoms with Gasteiger partial charge in [0.15, 0.2) is 0 Å². The number of furan rings is 2. The van der Waals surface area contributed by atoms with E-state index in [1.54, 1.807) is 0 Å². The Morgan fingerprint density at radius 2 is 0.446 bits per heavy atom. The summed E-state index contributed by atoms with van der Waals surface area (Å²) in [5.41, 5.74) is 40.6. The number of rotatable bonds is 9. The minimum Gasteiger partial charge on any atom is -0.455 e. The third-order valence-electron chi connectivity index (χ3n) is 30.3. The molecular weight excluding hydrogens is 1680 g/mol. The van der Waals surface area contributed by atoms with Gasteiger partial charge in [-0.25, -0.2) is 0 Å². The van der Waals surface area contributed by atoms with Gasteiger partial charge in [-0.3, -0.25) is 0 Å². The van der Waals surface area contributed by atoms with Gasteiger partial charge in [0, 0.05) is 61.1 Å². The molecule has 0 bridgehead atoms. The molecule has 648 valence electrons. The van der Waals surface area contributed by atoms with Crippen molar-refractivity contribution in [2.75, 3.05) is 10.2 Å². The fraction of sp³-hybridized carbons (Fsp3) is 0.0222. The van der Waals surface area contributed by atoms with Crippen molar-refractivity contribution in [1.29, 1.82) is 0 Å². The summed E-state index contributed by atoms with van der Waals surface area (Å²) in [4.78, 5) is 2.40. The smallest absolute Gasteiger partial charge is 0.143 e. The molecule has 2 aromatic heterocycles. The average molecular weight is 1770 g/mol. The van der Waals surface area contributed by atoms with Crippen LogP contribution in [-0.4, -0.2) is 0 Å². The Bertz CT molecular complexity index is 9450. The van der Waals surface area contributed by atoms with Gasteiger partial charge in [-0.05, 0) is 291 Å². The Kier molecular flexibility index (Phi) is 18.1. The number of nitrogens with zero attached hydrogens (tertiary/aromatic N) is 1. The van der Waals surface area contributed by atoms with Gasteiger partial charge in [0.05, 0.1) is 10.8 Å². The van der Waals surface area contributed by atoms with E-state index in [4.69, 9.17) is 8.83 Å². The van der Waals surface area contributed by atoms with Gasteiger partial charge < -0.3 is 19.1 Å². The normalized spacial score (nSPS) is 12.9. The van der Waals surface area contributed by atoms with Gasteiger partial charge in [0.25, 0.3) is 0 Å². The third-order valence-corrected chi connectivity index (χ3v) is 30.3. The van der Waals surface area contributed by atoms with Crippen molar-refractivity contribution in [1.82, 2.24) is 0 Å². The third kappa shape index (κ3) is 12.2. The van der Waals surface area contributed by atoms with Crippen LogP contribution in [-0.2, 0) is 10.8 Å². The Labute approximate surface area is 804 Å². The number of nitrogens with one attached hydrogen (secondary N) is 1. The summed E-state index contributed by atoms with van der Waals surface area (Å²) < 4.78 is 12.7. The molecular formula is C135H86N2O2. The number of aryl methyl sites for hydroxylation is 1. The number of hydrogen-bond donors (Lipinski definition) is 1. The maximum absolute atomic E-state index is 6.50. The molecule has 0 atom stereocenters. The molecule has 0 amide bonds. The van der Waals surface area contributed by atoms with Crippen LogP contribution < -0.4 is 10.2 Å². The molecule has 2 spiro atoms. The molecule has 0 unspecified atom stereocenters. The van der Waals surface area contributed by atoms with Crippen molar-refractivity contribution in [3.8, 4) is 89.0 Å². The van der Waals surface area contributed by atoms with Gasteiger partial charge in [0.2, 0.25) is 0 Å². The second-order valence-electron chi connectivity index (χ2n) is 37.5. The molecule has 4 nitrogen and oxygen atoms in total. The van der Waals surface area contributed by atoms with Crippen LogP contribution in [0.1, 0.15) is 50.1 Å². The van der Waals surface area contributed by atoms with Crippen LogP contribution in [0, 0.1) is 6.92 Å². The summed E-state index contributed by atoms with van der Waals surface area (Å²) in [5.74, 6) is 0. The van der Waals surface area contributed by atoms with Crippen LogP contribution in [0.3, 0.4) is 0 Å². The van der Waals surface area contributed by atoms with E-state index in [2.05, 4.69) is 490 Å². The summed E-state index contributed by atoms with van der Waals surface area (Å²) in [6.07, 6.45) is 0. The van der Waals surface area contributed by atoms with Crippen LogP contribution in [0.25, 0.3) is 198 Å². The number of fused-ring (bicyclic) bond motifs is 38. The number of anilines is 5. The lowest BCUT2D eigenvalue weighted by Gasteiger charge is -2.30. The van der Waals surface area contributed by atoms with E-state index in [9.17, 15) is 0 Å². The molecule has 24 aromatic carbocycles. The Morgan fingerprint density at radius 1 is 0.173 bits per heavy atom. The molecule has 30 rings (SSSR count). The van der Waals surface area contributed by atoms with Crippen molar-refractivity contribution >= 4 is 137 Å². The molecule has 4 aliphatic rings. The molecule has 1 N–H and O–H groups in total. The maximum Gasteiger partial charge on any atom is 0.143 e. The fourth-order valence-electron chi connectivity index (χ4n) is 24.2. The lowest BCUT2D eigenvalue weighted by Crippen LogP contribution is -2.25. The molecule has 0 saturated carbocycles. The first-order chi connectivity index (χ1) is 68.8. The molecule has 0 saturated heterocycles. The summed E-state index contributed by atoms with van der Waals surface area (Å²) in [7, 11) is 0. The number of benzene rings is 24. The number of hydrogen-bond acceptors (Lipinski definition) is 4. The molecule has 4 aliphatic carbocycles. The van der Waals surface area contributed by atoms with Crippen LogP contribution in [0.15, 0.2) is 506 Å². The van der Waals surface area contributed by atoms with Gasteiger partial charge >= 0.3 is 0 Å². The average Bonchev–Trinajstić information content (AvgIpc) is 1.51. The van der Waals surface area contributed by atoms with E-state index in [-0.39, 0.29) is 5.41 Å². The second kappa shape index (κ2) is 31.6. The van der Waals surface area contributed by atoms with Crippen molar-refractivity contribution in [2.45, 2.75) is 17.8 Å². The van der Waals surface area contributed by atoms with Crippen molar-refractivity contribution in [3.63, 3.8) is 0 Å². The summed E-state index contributed by atoms with van der Waals surface area (Å²) >= 11 is 0. The second-order valence-corrected chi connectivity index (χ2v) is 37.5. The first-order valence-corrected chi connectivity index (χ1v) is 48.1. The van der Waals surface area contributed by atoms with E-state index in [0.717, 1.165) is 94.6 Å². The van der Waals surface area contributed by atoms with E-state index in [1.165, 1.54) is 181 Å². The molecule has 0 aliphatic heterocycles. The van der Waals surface area contributed by atoms with Crippen molar-refractivity contribution < 1.29 is 8.83 Å². The van der Waals surface area contributed by atoms with Crippen molar-refractivity contribution in [3.05, 3.63) is 548 Å². The SMILES string of the molecule is Cc1ccc2c(c1)c1ccccc1c1cc3c(cc21)C1(c2ccccc2-c2ccccc21)c1ccccc1-3.c1ccc(-c2ccc(N(c3ccc(-c4cccc5c4oc4ccccc45)cc3)c3ccc4c(c3)c3ccccc3c3cc5c(cc43)C3(c4ccccc4-c4ccccc43)c3ccccc3-5)cc2)cc1.c1ccc(-c2ccc(Nc3ccc(-c4cccc5c4oc4ccccc45)cc3)cc2)cc1. The Morgan fingerprint density at radius 3 is 0.849 bits per heavy atom. The van der Waals surface area contributed by atoms with Gasteiger partial charge in [-0.2, -0.15) is 0 Å². The minimum absolute atomic E-state index is 0.310. The minimum atomic E-state index is -0.421. The predicted octanol–water partition coefficient (Wildman–Crippen LogP) is 36.7. The highest BCUT2D eigenvalue weighted by atomic mass is 16.3. The first-order valence-electron chi connectivity index (χ1n) is 48.1. The highest BCUT2D eigenvalue weighted by Gasteiger charge is 2.54. The highest BCUT2D eigenvalue weighted by molar-refractivity contribution is 6.29. The van der Waals surface area contributed by atoms with Gasteiger partial charge in [0.1, 0.15) is 22.3 Å². The summed E-state index contributed by atoms with van der Waals surface area (Å²) in [6.45, 7) is 2.19. The Hall–Kier alpha value is -18.0. The molecule has 26 aromatic rings. The summed E-state index contributed by atoms with van der Waals surface area (Å²) in [5, 5.41) is 23.6. The fourth-order valence-corrected chi connectivity index (χ4v) is 24.2. The molecule has 2 heterocycles. The maximum atomic E-state index is 6.50.